The van der Waals surface area contributed by atoms with E-state index in [1.54, 1.807) is 0 Å². The van der Waals surface area contributed by atoms with Gasteiger partial charge >= 0.3 is 0 Å². The second-order valence-corrected chi connectivity index (χ2v) is 6.94. The Morgan fingerprint density at radius 1 is 1.42 bits per heavy atom. The minimum absolute atomic E-state index is 0.320. The second kappa shape index (κ2) is 4.04. The van der Waals surface area contributed by atoms with Crippen LogP contribution < -0.4 is 0 Å². The lowest BCUT2D eigenvalue weighted by molar-refractivity contribution is 0.383. The molecular formula is C9H20NOP. The fraction of sp³-hybridized carbons (Fsp3) is 1.00. The molecule has 72 valence electrons. The highest BCUT2D eigenvalue weighted by atomic mass is 31.2. The maximum absolute atomic E-state index is 5.77. The van der Waals surface area contributed by atoms with Crippen LogP contribution in [0.4, 0.5) is 0 Å². The summed E-state index contributed by atoms with van der Waals surface area (Å²) in [7, 11) is -0.322. The average molecular weight is 189 g/mol. The number of hydrogen-bond acceptors (Lipinski definition) is 2. The maximum atomic E-state index is 5.77. The Morgan fingerprint density at radius 2 is 2.08 bits per heavy atom. The Kier molecular flexibility index (Phi) is 3.51. The normalized spacial score (nSPS) is 26.5. The van der Waals surface area contributed by atoms with Gasteiger partial charge in [0.25, 0.3) is 0 Å². The van der Waals surface area contributed by atoms with Gasteiger partial charge in [0.05, 0.1) is 6.61 Å². The third-order valence-electron chi connectivity index (χ3n) is 1.88. The van der Waals surface area contributed by atoms with E-state index in [1.165, 1.54) is 13.0 Å². The van der Waals surface area contributed by atoms with Crippen molar-refractivity contribution in [1.29, 1.82) is 0 Å². The van der Waals surface area contributed by atoms with Crippen LogP contribution in [-0.2, 0) is 4.52 Å². The zero-order valence-electron chi connectivity index (χ0n) is 8.63. The first kappa shape index (κ1) is 10.4. The predicted molar refractivity (Wildman–Crippen MR) is 54.5 cm³/mol. The van der Waals surface area contributed by atoms with Crippen LogP contribution in [0, 0.1) is 0 Å². The van der Waals surface area contributed by atoms with E-state index in [4.69, 9.17) is 4.52 Å². The Morgan fingerprint density at radius 3 is 2.58 bits per heavy atom. The monoisotopic (exact) mass is 189 g/mol. The van der Waals surface area contributed by atoms with Gasteiger partial charge < -0.3 is 4.52 Å². The van der Waals surface area contributed by atoms with E-state index in [2.05, 4.69) is 32.4 Å². The molecule has 0 spiro atoms. The van der Waals surface area contributed by atoms with Crippen LogP contribution in [0.3, 0.4) is 0 Å². The van der Waals surface area contributed by atoms with Crippen molar-refractivity contribution in [2.45, 2.75) is 39.3 Å². The van der Waals surface area contributed by atoms with Crippen molar-refractivity contribution in [3.8, 4) is 0 Å². The number of rotatable bonds is 2. The molecule has 0 saturated carbocycles. The molecule has 1 rings (SSSR count). The third-order valence-corrected chi connectivity index (χ3v) is 4.36. The van der Waals surface area contributed by atoms with Gasteiger partial charge in [-0.1, -0.05) is 27.7 Å². The predicted octanol–water partition coefficient (Wildman–Crippen LogP) is 2.84. The van der Waals surface area contributed by atoms with E-state index < -0.39 is 0 Å². The minimum Gasteiger partial charge on any atom is -0.342 e. The molecule has 3 heteroatoms. The summed E-state index contributed by atoms with van der Waals surface area (Å²) >= 11 is 0. The zero-order valence-corrected chi connectivity index (χ0v) is 9.53. The van der Waals surface area contributed by atoms with Gasteiger partial charge in [-0.2, -0.15) is 0 Å². The summed E-state index contributed by atoms with van der Waals surface area (Å²) in [6, 6.07) is 0. The van der Waals surface area contributed by atoms with Gasteiger partial charge in [0.1, 0.15) is 8.30 Å². The Hall–Kier alpha value is 0.350. The van der Waals surface area contributed by atoms with Crippen molar-refractivity contribution in [3.05, 3.63) is 0 Å². The van der Waals surface area contributed by atoms with E-state index in [0.717, 1.165) is 13.2 Å². The van der Waals surface area contributed by atoms with Crippen LogP contribution in [-0.4, -0.2) is 29.5 Å². The molecular weight excluding hydrogens is 169 g/mol. The molecule has 1 fully saturated rings. The molecule has 1 aliphatic rings. The van der Waals surface area contributed by atoms with Crippen LogP contribution in [0.1, 0.15) is 34.1 Å². The number of nitrogens with zero attached hydrogens (tertiary/aromatic N) is 1. The summed E-state index contributed by atoms with van der Waals surface area (Å²) in [5, 5.41) is 0.320. The smallest absolute Gasteiger partial charge is 0.109 e. The van der Waals surface area contributed by atoms with Gasteiger partial charge in [0.2, 0.25) is 0 Å². The molecule has 1 heterocycles. The highest BCUT2D eigenvalue weighted by Crippen LogP contribution is 2.56. The zero-order chi connectivity index (χ0) is 9.19. The molecule has 0 aromatic carbocycles. The average Bonchev–Trinajstić information content (AvgIpc) is 2.34. The van der Waals surface area contributed by atoms with Gasteiger partial charge in [0, 0.05) is 18.2 Å². The molecule has 0 radical (unpaired) electrons. The van der Waals surface area contributed by atoms with E-state index >= 15 is 0 Å². The first-order valence-corrected chi connectivity index (χ1v) is 5.95. The molecule has 1 aliphatic heterocycles. The molecule has 1 atom stereocenters. The molecule has 0 aromatic rings. The van der Waals surface area contributed by atoms with E-state index in [9.17, 15) is 0 Å². The van der Waals surface area contributed by atoms with Gasteiger partial charge in [-0.25, -0.2) is 0 Å². The molecule has 0 amide bonds. The topological polar surface area (TPSA) is 12.5 Å². The lowest BCUT2D eigenvalue weighted by atomic mass is 10.3. The fourth-order valence-electron chi connectivity index (χ4n) is 1.48. The summed E-state index contributed by atoms with van der Waals surface area (Å²) < 4.78 is 8.28. The van der Waals surface area contributed by atoms with E-state index in [1.807, 2.05) is 0 Å². The van der Waals surface area contributed by atoms with Gasteiger partial charge in [-0.3, -0.25) is 4.67 Å². The fourth-order valence-corrected chi connectivity index (χ4v) is 3.78. The van der Waals surface area contributed by atoms with Gasteiger partial charge in [-0.15, -0.1) is 0 Å². The molecule has 1 unspecified atom stereocenters. The van der Waals surface area contributed by atoms with Crippen molar-refractivity contribution < 1.29 is 4.52 Å². The molecule has 12 heavy (non-hydrogen) atoms. The standard InChI is InChI=1S/C9H20NOP/c1-5-6-10-7-8-11-12(10)9(2,3)4/h5-8H2,1-4H3. The summed E-state index contributed by atoms with van der Waals surface area (Å²) in [4.78, 5) is 0. The van der Waals surface area contributed by atoms with Crippen molar-refractivity contribution in [1.82, 2.24) is 4.67 Å². The molecule has 0 bridgehead atoms. The van der Waals surface area contributed by atoms with Crippen molar-refractivity contribution >= 4 is 8.30 Å². The Bertz CT molecular complexity index is 144. The summed E-state index contributed by atoms with van der Waals surface area (Å²) in [5.41, 5.74) is 0. The van der Waals surface area contributed by atoms with Crippen LogP contribution >= 0.6 is 8.30 Å². The molecule has 0 aliphatic carbocycles. The van der Waals surface area contributed by atoms with Crippen LogP contribution in [0.25, 0.3) is 0 Å². The largest absolute Gasteiger partial charge is 0.342 e. The lowest BCUT2D eigenvalue weighted by Gasteiger charge is -2.32. The van der Waals surface area contributed by atoms with Crippen LogP contribution in [0.15, 0.2) is 0 Å². The first-order valence-electron chi connectivity index (χ1n) is 4.73. The quantitative estimate of drug-likeness (QED) is 0.619. The highest BCUT2D eigenvalue weighted by molar-refractivity contribution is 7.51. The molecule has 1 saturated heterocycles. The summed E-state index contributed by atoms with van der Waals surface area (Å²) in [6.07, 6.45) is 1.23. The van der Waals surface area contributed by atoms with Crippen molar-refractivity contribution in [3.63, 3.8) is 0 Å². The maximum Gasteiger partial charge on any atom is 0.109 e. The number of hydrogen-bond donors (Lipinski definition) is 0. The highest BCUT2D eigenvalue weighted by Gasteiger charge is 2.35. The second-order valence-electron chi connectivity index (χ2n) is 4.23. The Balaban J connectivity index is 2.52. The molecule has 2 nitrogen and oxygen atoms in total. The van der Waals surface area contributed by atoms with E-state index in [0.29, 0.717) is 5.16 Å². The van der Waals surface area contributed by atoms with Crippen LogP contribution in [0.5, 0.6) is 0 Å². The summed E-state index contributed by atoms with van der Waals surface area (Å²) in [5.74, 6) is 0. The minimum atomic E-state index is -0.322. The lowest BCUT2D eigenvalue weighted by Crippen LogP contribution is -2.24. The van der Waals surface area contributed by atoms with Crippen LogP contribution in [0.2, 0.25) is 0 Å². The molecule has 0 aromatic heterocycles. The van der Waals surface area contributed by atoms with Gasteiger partial charge in [-0.05, 0) is 6.42 Å². The Labute approximate surface area is 77.2 Å². The van der Waals surface area contributed by atoms with E-state index in [-0.39, 0.29) is 8.30 Å². The van der Waals surface area contributed by atoms with Crippen molar-refractivity contribution in [2.75, 3.05) is 19.7 Å². The molecule has 0 N–H and O–H groups in total. The van der Waals surface area contributed by atoms with Gasteiger partial charge in [0.15, 0.2) is 0 Å². The first-order chi connectivity index (χ1) is 5.55. The third kappa shape index (κ3) is 2.42. The SMILES string of the molecule is CCCN1CCOP1C(C)(C)C. The summed E-state index contributed by atoms with van der Waals surface area (Å²) in [6.45, 7) is 12.3. The van der Waals surface area contributed by atoms with Crippen molar-refractivity contribution in [2.24, 2.45) is 0 Å².